The van der Waals surface area contributed by atoms with Crippen LogP contribution in [-0.2, 0) is 11.2 Å². The standard InChI is InChI=1S/C29H34O3/c1-18-15-19(2)26-11-13-29(5,32-28(26)20(18)3)14-12-27(30)21(4)22-7-8-24-17-25(31-6)10-9-23(24)16-22/h7-10,15-17,21H,11-14H2,1-6H3. The highest BCUT2D eigenvalue weighted by atomic mass is 16.5. The van der Waals surface area contributed by atoms with E-state index in [9.17, 15) is 4.79 Å². The highest BCUT2D eigenvalue weighted by Crippen LogP contribution is 2.41. The monoisotopic (exact) mass is 430 g/mol. The first-order chi connectivity index (χ1) is 15.2. The van der Waals surface area contributed by atoms with Crippen LogP contribution < -0.4 is 9.47 Å². The van der Waals surface area contributed by atoms with E-state index < -0.39 is 0 Å². The van der Waals surface area contributed by atoms with E-state index in [4.69, 9.17) is 9.47 Å². The number of rotatable bonds is 6. The lowest BCUT2D eigenvalue weighted by Crippen LogP contribution is -2.37. The second kappa shape index (κ2) is 8.61. The van der Waals surface area contributed by atoms with E-state index in [1.165, 1.54) is 22.3 Å². The molecule has 0 saturated carbocycles. The minimum atomic E-state index is -0.298. The summed E-state index contributed by atoms with van der Waals surface area (Å²) in [6.45, 7) is 10.6. The first-order valence-corrected chi connectivity index (χ1v) is 11.6. The lowest BCUT2D eigenvalue weighted by Gasteiger charge is -2.38. The topological polar surface area (TPSA) is 35.5 Å². The van der Waals surface area contributed by atoms with Crippen LogP contribution in [0.4, 0.5) is 0 Å². The quantitative estimate of drug-likeness (QED) is 0.422. The van der Waals surface area contributed by atoms with Crippen LogP contribution in [0.1, 0.15) is 66.8 Å². The van der Waals surface area contributed by atoms with Gasteiger partial charge in [0, 0.05) is 12.3 Å². The van der Waals surface area contributed by atoms with E-state index in [-0.39, 0.29) is 17.3 Å². The number of hydrogen-bond acceptors (Lipinski definition) is 3. The first-order valence-electron chi connectivity index (χ1n) is 11.6. The Labute approximate surface area is 191 Å². The molecule has 0 spiro atoms. The molecule has 0 fully saturated rings. The molecule has 0 bridgehead atoms. The largest absolute Gasteiger partial charge is 0.497 e. The summed E-state index contributed by atoms with van der Waals surface area (Å²) < 4.78 is 11.9. The molecule has 0 saturated heterocycles. The molecule has 3 heteroatoms. The van der Waals surface area contributed by atoms with Gasteiger partial charge in [-0.25, -0.2) is 0 Å². The van der Waals surface area contributed by atoms with Gasteiger partial charge in [0.15, 0.2) is 0 Å². The molecule has 2 atom stereocenters. The number of aryl methyl sites for hydroxylation is 2. The average Bonchev–Trinajstić information content (AvgIpc) is 2.79. The summed E-state index contributed by atoms with van der Waals surface area (Å²) in [5.74, 6) is 2.02. The Morgan fingerprint density at radius 2 is 1.78 bits per heavy atom. The van der Waals surface area contributed by atoms with Gasteiger partial charge in [-0.2, -0.15) is 0 Å². The van der Waals surface area contributed by atoms with Crippen molar-refractivity contribution in [3.8, 4) is 11.5 Å². The Morgan fingerprint density at radius 1 is 1.06 bits per heavy atom. The molecule has 0 radical (unpaired) electrons. The first kappa shape index (κ1) is 22.4. The summed E-state index contributed by atoms with van der Waals surface area (Å²) in [5, 5.41) is 2.25. The van der Waals surface area contributed by atoms with E-state index in [2.05, 4.69) is 58.0 Å². The van der Waals surface area contributed by atoms with Crippen molar-refractivity contribution in [2.75, 3.05) is 7.11 Å². The van der Waals surface area contributed by atoms with E-state index in [1.54, 1.807) is 7.11 Å². The van der Waals surface area contributed by atoms with Crippen LogP contribution >= 0.6 is 0 Å². The van der Waals surface area contributed by atoms with Crippen LogP contribution in [0.15, 0.2) is 42.5 Å². The normalized spacial score (nSPS) is 18.7. The highest BCUT2D eigenvalue weighted by Gasteiger charge is 2.34. The molecule has 32 heavy (non-hydrogen) atoms. The number of benzene rings is 3. The summed E-state index contributed by atoms with van der Waals surface area (Å²) in [7, 11) is 1.68. The second-order valence-electron chi connectivity index (χ2n) is 9.66. The molecule has 1 aliphatic rings. The third-order valence-electron chi connectivity index (χ3n) is 7.32. The number of hydrogen-bond donors (Lipinski definition) is 0. The van der Waals surface area contributed by atoms with Crippen LogP contribution in [0.2, 0.25) is 0 Å². The third-order valence-corrected chi connectivity index (χ3v) is 7.32. The number of ether oxygens (including phenoxy) is 2. The Balaban J connectivity index is 1.46. The van der Waals surface area contributed by atoms with Crippen molar-refractivity contribution >= 4 is 16.6 Å². The maximum atomic E-state index is 13.1. The fraction of sp³-hybridized carbons (Fsp3) is 0.414. The van der Waals surface area contributed by atoms with Gasteiger partial charge in [0.05, 0.1) is 7.11 Å². The van der Waals surface area contributed by atoms with Crippen molar-refractivity contribution in [1.29, 1.82) is 0 Å². The molecule has 2 unspecified atom stereocenters. The number of carbonyl (C=O) groups excluding carboxylic acids is 1. The van der Waals surface area contributed by atoms with Crippen molar-refractivity contribution in [1.82, 2.24) is 0 Å². The molecule has 1 aliphatic heterocycles. The van der Waals surface area contributed by atoms with Gasteiger partial charge in [-0.3, -0.25) is 4.79 Å². The Kier molecular flexibility index (Phi) is 6.03. The van der Waals surface area contributed by atoms with Crippen molar-refractivity contribution in [2.45, 2.75) is 71.8 Å². The SMILES string of the molecule is COc1ccc2cc(C(C)C(=O)CCC3(C)CCc4c(C)cc(C)c(C)c4O3)ccc2c1. The molecule has 4 rings (SSSR count). The predicted molar refractivity (Wildman–Crippen MR) is 131 cm³/mol. The maximum Gasteiger partial charge on any atom is 0.140 e. The van der Waals surface area contributed by atoms with Gasteiger partial charge in [0.25, 0.3) is 0 Å². The number of fused-ring (bicyclic) bond motifs is 2. The van der Waals surface area contributed by atoms with Crippen molar-refractivity contribution < 1.29 is 14.3 Å². The minimum absolute atomic E-state index is 0.132. The Bertz CT molecular complexity index is 1180. The average molecular weight is 431 g/mol. The van der Waals surface area contributed by atoms with Crippen LogP contribution in [0.3, 0.4) is 0 Å². The summed E-state index contributed by atoms with van der Waals surface area (Å²) in [5.41, 5.74) is 5.90. The number of carbonyl (C=O) groups is 1. The molecule has 3 aromatic rings. The molecule has 168 valence electrons. The highest BCUT2D eigenvalue weighted by molar-refractivity contribution is 5.89. The van der Waals surface area contributed by atoms with Gasteiger partial charge in [-0.05, 0) is 97.7 Å². The molecule has 0 amide bonds. The van der Waals surface area contributed by atoms with Crippen LogP contribution in [0.5, 0.6) is 11.5 Å². The lowest BCUT2D eigenvalue weighted by atomic mass is 9.83. The smallest absolute Gasteiger partial charge is 0.140 e. The van der Waals surface area contributed by atoms with Gasteiger partial charge < -0.3 is 9.47 Å². The van der Waals surface area contributed by atoms with Crippen molar-refractivity contribution in [2.24, 2.45) is 0 Å². The zero-order valence-corrected chi connectivity index (χ0v) is 20.2. The molecule has 0 aliphatic carbocycles. The second-order valence-corrected chi connectivity index (χ2v) is 9.66. The van der Waals surface area contributed by atoms with Crippen LogP contribution in [0.25, 0.3) is 10.8 Å². The van der Waals surface area contributed by atoms with Crippen LogP contribution in [-0.4, -0.2) is 18.5 Å². The fourth-order valence-corrected chi connectivity index (χ4v) is 4.84. The van der Waals surface area contributed by atoms with E-state index in [0.29, 0.717) is 6.42 Å². The number of ketones is 1. The number of Topliss-reactive ketones (excluding diaryl/α,β-unsaturated/α-hetero) is 1. The van der Waals surface area contributed by atoms with E-state index in [1.807, 2.05) is 19.1 Å². The summed E-state index contributed by atoms with van der Waals surface area (Å²) in [6, 6.07) is 14.6. The van der Waals surface area contributed by atoms with E-state index in [0.717, 1.165) is 47.1 Å². The number of methoxy groups -OCH3 is 1. The fourth-order valence-electron chi connectivity index (χ4n) is 4.84. The van der Waals surface area contributed by atoms with Gasteiger partial charge in [0.1, 0.15) is 22.9 Å². The zero-order chi connectivity index (χ0) is 23.0. The molecule has 0 N–H and O–H groups in total. The summed E-state index contributed by atoms with van der Waals surface area (Å²) >= 11 is 0. The lowest BCUT2D eigenvalue weighted by molar-refractivity contribution is -0.121. The molecule has 3 aromatic carbocycles. The van der Waals surface area contributed by atoms with Gasteiger partial charge >= 0.3 is 0 Å². The maximum absolute atomic E-state index is 13.1. The van der Waals surface area contributed by atoms with E-state index >= 15 is 0 Å². The predicted octanol–water partition coefficient (Wildman–Crippen LogP) is 7.01. The summed E-state index contributed by atoms with van der Waals surface area (Å²) in [6.07, 6.45) is 3.23. The minimum Gasteiger partial charge on any atom is -0.497 e. The van der Waals surface area contributed by atoms with Crippen molar-refractivity contribution in [3.05, 3.63) is 70.3 Å². The molecule has 3 nitrogen and oxygen atoms in total. The van der Waals surface area contributed by atoms with Gasteiger partial charge in [0.2, 0.25) is 0 Å². The molecule has 1 heterocycles. The molecule has 0 aromatic heterocycles. The third kappa shape index (κ3) is 4.26. The summed E-state index contributed by atoms with van der Waals surface area (Å²) in [4.78, 5) is 13.1. The van der Waals surface area contributed by atoms with Gasteiger partial charge in [-0.15, -0.1) is 0 Å². The van der Waals surface area contributed by atoms with Crippen LogP contribution in [0, 0.1) is 20.8 Å². The van der Waals surface area contributed by atoms with Gasteiger partial charge in [-0.1, -0.05) is 37.3 Å². The molecular formula is C29H34O3. The Hall–Kier alpha value is -2.81. The Morgan fingerprint density at radius 3 is 2.53 bits per heavy atom. The molecular weight excluding hydrogens is 396 g/mol. The van der Waals surface area contributed by atoms with Crippen molar-refractivity contribution in [3.63, 3.8) is 0 Å². The zero-order valence-electron chi connectivity index (χ0n) is 20.2.